The Labute approximate surface area is 228 Å². The molecule has 0 aliphatic carbocycles. The number of sulfonamides is 1. The molecule has 0 saturated heterocycles. The van der Waals surface area contributed by atoms with Crippen LogP contribution >= 0.6 is 0 Å². The molecule has 0 aromatic heterocycles. The van der Waals surface area contributed by atoms with Gasteiger partial charge in [-0.2, -0.15) is 4.31 Å². The quantitative estimate of drug-likeness (QED) is 0.280. The van der Waals surface area contributed by atoms with Gasteiger partial charge in [-0.25, -0.2) is 8.42 Å². The van der Waals surface area contributed by atoms with Gasteiger partial charge in [0.2, 0.25) is 10.0 Å². The zero-order valence-electron chi connectivity index (χ0n) is 22.1. The van der Waals surface area contributed by atoms with Crippen LogP contribution in [0.1, 0.15) is 41.7 Å². The van der Waals surface area contributed by atoms with Crippen molar-refractivity contribution in [1.82, 2.24) is 4.31 Å². The van der Waals surface area contributed by atoms with Crippen molar-refractivity contribution < 1.29 is 27.5 Å². The molecule has 4 aromatic carbocycles. The Morgan fingerprint density at radius 2 is 1.44 bits per heavy atom. The Morgan fingerprint density at radius 3 is 2.13 bits per heavy atom. The van der Waals surface area contributed by atoms with Gasteiger partial charge in [-0.15, -0.1) is 0 Å². The Balaban J connectivity index is 1.69. The van der Waals surface area contributed by atoms with E-state index in [2.05, 4.69) is 0 Å². The minimum Gasteiger partial charge on any atom is -0.461 e. The largest absolute Gasteiger partial charge is 0.461 e. The number of benzene rings is 4. The Bertz CT molecular complexity index is 1690. The van der Waals surface area contributed by atoms with Crippen LogP contribution < -0.4 is 0 Å². The zero-order chi connectivity index (χ0) is 27.7. The lowest BCUT2D eigenvalue weighted by Gasteiger charge is -2.18. The number of hydrogen-bond acceptors (Lipinski definition) is 6. The lowest BCUT2D eigenvalue weighted by Crippen LogP contribution is -2.25. The van der Waals surface area contributed by atoms with Crippen molar-refractivity contribution in [2.24, 2.45) is 0 Å². The second-order valence-corrected chi connectivity index (χ2v) is 11.6. The maximum atomic E-state index is 13.7. The van der Waals surface area contributed by atoms with Gasteiger partial charge in [0, 0.05) is 26.9 Å². The van der Waals surface area contributed by atoms with E-state index in [4.69, 9.17) is 9.47 Å². The van der Waals surface area contributed by atoms with Crippen LogP contribution in [0.5, 0.6) is 0 Å². The molecule has 200 valence electrons. The van der Waals surface area contributed by atoms with E-state index < -0.39 is 10.0 Å². The molecule has 1 heterocycles. The SMILES string of the molecule is CC(=O)OCc1ccccc1-c1c2c(cc3c(COC(C)=O)cccc13)CN(S(=O)(=O)c1ccc(C)cc1)C2. The topological polar surface area (TPSA) is 90.0 Å². The molecule has 8 heteroatoms. The number of aryl methyl sites for hydroxylation is 1. The highest BCUT2D eigenvalue weighted by molar-refractivity contribution is 7.89. The van der Waals surface area contributed by atoms with Crippen LogP contribution in [0.4, 0.5) is 0 Å². The van der Waals surface area contributed by atoms with E-state index in [-0.39, 0.29) is 43.1 Å². The van der Waals surface area contributed by atoms with Gasteiger partial charge >= 0.3 is 11.9 Å². The summed E-state index contributed by atoms with van der Waals surface area (Å²) in [6.07, 6.45) is 0. The molecule has 0 radical (unpaired) electrons. The first-order chi connectivity index (χ1) is 18.6. The number of carbonyl (C=O) groups excluding carboxylic acids is 2. The van der Waals surface area contributed by atoms with E-state index in [1.165, 1.54) is 18.2 Å². The molecule has 0 spiro atoms. The maximum absolute atomic E-state index is 13.7. The van der Waals surface area contributed by atoms with Gasteiger partial charge in [0.05, 0.1) is 4.90 Å². The normalized spacial score (nSPS) is 13.3. The maximum Gasteiger partial charge on any atom is 0.302 e. The molecule has 0 atom stereocenters. The van der Waals surface area contributed by atoms with Crippen molar-refractivity contribution in [3.05, 3.63) is 101 Å². The number of fused-ring (bicyclic) bond motifs is 2. The number of esters is 2. The van der Waals surface area contributed by atoms with Crippen molar-refractivity contribution >= 4 is 32.7 Å². The Kier molecular flexibility index (Phi) is 7.25. The summed E-state index contributed by atoms with van der Waals surface area (Å²) in [5.74, 6) is -0.762. The van der Waals surface area contributed by atoms with E-state index in [1.807, 2.05) is 55.5 Å². The van der Waals surface area contributed by atoms with Crippen LogP contribution in [0, 0.1) is 6.92 Å². The minimum atomic E-state index is -3.75. The fraction of sp³-hybridized carbons (Fsp3) is 0.226. The van der Waals surface area contributed by atoms with E-state index in [0.717, 1.165) is 49.7 Å². The number of nitrogens with zero attached hydrogens (tertiary/aromatic N) is 1. The van der Waals surface area contributed by atoms with Crippen LogP contribution in [0.3, 0.4) is 0 Å². The molecule has 0 N–H and O–H groups in total. The molecular formula is C31H29NO6S. The van der Waals surface area contributed by atoms with Crippen molar-refractivity contribution in [3.8, 4) is 11.1 Å². The highest BCUT2D eigenvalue weighted by atomic mass is 32.2. The van der Waals surface area contributed by atoms with E-state index in [1.54, 1.807) is 24.3 Å². The third kappa shape index (κ3) is 5.30. The lowest BCUT2D eigenvalue weighted by molar-refractivity contribution is -0.143. The van der Waals surface area contributed by atoms with Gasteiger partial charge in [0.15, 0.2) is 0 Å². The highest BCUT2D eigenvalue weighted by Gasteiger charge is 2.33. The summed E-state index contributed by atoms with van der Waals surface area (Å²) in [5.41, 5.74) is 6.15. The first-order valence-corrected chi connectivity index (χ1v) is 14.1. The van der Waals surface area contributed by atoms with E-state index >= 15 is 0 Å². The lowest BCUT2D eigenvalue weighted by atomic mass is 9.87. The van der Waals surface area contributed by atoms with Gasteiger partial charge in [-0.1, -0.05) is 60.2 Å². The monoisotopic (exact) mass is 543 g/mol. The first-order valence-electron chi connectivity index (χ1n) is 12.6. The van der Waals surface area contributed by atoms with Gasteiger partial charge < -0.3 is 9.47 Å². The van der Waals surface area contributed by atoms with Crippen molar-refractivity contribution in [1.29, 1.82) is 0 Å². The van der Waals surface area contributed by atoms with Crippen LogP contribution in [0.25, 0.3) is 21.9 Å². The second kappa shape index (κ2) is 10.6. The molecule has 7 nitrogen and oxygen atoms in total. The third-order valence-electron chi connectivity index (χ3n) is 6.96. The summed E-state index contributed by atoms with van der Waals surface area (Å²) in [6.45, 7) is 5.26. The van der Waals surface area contributed by atoms with Gasteiger partial charge in [-0.3, -0.25) is 9.59 Å². The smallest absolute Gasteiger partial charge is 0.302 e. The summed E-state index contributed by atoms with van der Waals surface area (Å²) >= 11 is 0. The van der Waals surface area contributed by atoms with Crippen molar-refractivity contribution in [3.63, 3.8) is 0 Å². The fourth-order valence-corrected chi connectivity index (χ4v) is 6.43. The van der Waals surface area contributed by atoms with Crippen molar-refractivity contribution in [2.45, 2.75) is 52.0 Å². The number of carbonyl (C=O) groups is 2. The van der Waals surface area contributed by atoms with Crippen LogP contribution in [0.15, 0.2) is 77.7 Å². The average Bonchev–Trinajstić information content (AvgIpc) is 3.34. The van der Waals surface area contributed by atoms with E-state index in [9.17, 15) is 18.0 Å². The molecule has 4 aromatic rings. The molecule has 0 unspecified atom stereocenters. The predicted octanol–water partition coefficient (Wildman–Crippen LogP) is 5.65. The van der Waals surface area contributed by atoms with Crippen LogP contribution in [0.2, 0.25) is 0 Å². The number of ether oxygens (including phenoxy) is 2. The highest BCUT2D eigenvalue weighted by Crippen LogP contribution is 2.42. The summed E-state index contributed by atoms with van der Waals surface area (Å²) in [4.78, 5) is 23.4. The molecule has 0 fully saturated rings. The Hall–Kier alpha value is -4.01. The molecule has 1 aliphatic rings. The summed E-state index contributed by atoms with van der Waals surface area (Å²) in [5, 5.41) is 1.78. The summed E-state index contributed by atoms with van der Waals surface area (Å²) < 4.78 is 39.5. The summed E-state index contributed by atoms with van der Waals surface area (Å²) in [6, 6.07) is 22.3. The first kappa shape index (κ1) is 26.6. The molecular weight excluding hydrogens is 514 g/mol. The molecule has 39 heavy (non-hydrogen) atoms. The molecule has 1 aliphatic heterocycles. The minimum absolute atomic E-state index is 0.0924. The molecule has 0 saturated carbocycles. The molecule has 5 rings (SSSR count). The van der Waals surface area contributed by atoms with Gasteiger partial charge in [0.25, 0.3) is 0 Å². The molecule has 0 amide bonds. The number of rotatable bonds is 7. The standard InChI is InChI=1S/C31H29NO6S/c1-20-11-13-26(14-12-20)39(35,36)32-16-25-15-29-24(19-38-22(3)34)8-6-10-28(29)31(30(25)17-32)27-9-5-4-7-23(27)18-37-21(2)33/h4-15H,16-19H2,1-3H3. The van der Waals surface area contributed by atoms with Crippen LogP contribution in [-0.4, -0.2) is 24.7 Å². The average molecular weight is 544 g/mol. The van der Waals surface area contributed by atoms with E-state index in [0.29, 0.717) is 0 Å². The van der Waals surface area contributed by atoms with Crippen LogP contribution in [-0.2, 0) is 55.4 Å². The Morgan fingerprint density at radius 1 is 0.795 bits per heavy atom. The van der Waals surface area contributed by atoms with Gasteiger partial charge in [-0.05, 0) is 69.3 Å². The second-order valence-electron chi connectivity index (χ2n) is 9.71. The zero-order valence-corrected chi connectivity index (χ0v) is 22.9. The fourth-order valence-electron chi connectivity index (χ4n) is 5.04. The third-order valence-corrected chi connectivity index (χ3v) is 8.77. The van der Waals surface area contributed by atoms with Crippen molar-refractivity contribution in [2.75, 3.05) is 0 Å². The van der Waals surface area contributed by atoms with Gasteiger partial charge in [0.1, 0.15) is 13.2 Å². The molecule has 0 bridgehead atoms. The summed E-state index contributed by atoms with van der Waals surface area (Å²) in [7, 11) is -3.75. The number of hydrogen-bond donors (Lipinski definition) is 0. The predicted molar refractivity (Wildman–Crippen MR) is 148 cm³/mol.